The molecule has 0 spiro atoms. The maximum Gasteiger partial charge on any atom is 0.190 e. The van der Waals surface area contributed by atoms with Crippen molar-refractivity contribution in [3.8, 4) is 0 Å². The minimum absolute atomic E-state index is 0. The standard InChI is InChI=1S/C17H35N3O.HI/c1-18-17(19-13-7-4-8-15-21-2)20-14-9-12-16-10-5-3-6-11-16;/h16H,3-15H2,1-2H3,(H2,18,19,20);1H. The normalized spacial score (nSPS) is 16.2. The Hall–Kier alpha value is -0.0400. The topological polar surface area (TPSA) is 45.7 Å². The largest absolute Gasteiger partial charge is 0.385 e. The van der Waals surface area contributed by atoms with Gasteiger partial charge in [-0.15, -0.1) is 24.0 Å². The molecule has 0 heterocycles. The summed E-state index contributed by atoms with van der Waals surface area (Å²) in [6.07, 6.45) is 13.4. The molecule has 0 radical (unpaired) electrons. The number of unbranched alkanes of at least 4 members (excludes halogenated alkanes) is 2. The molecule has 1 aliphatic rings. The van der Waals surface area contributed by atoms with Gasteiger partial charge in [-0.1, -0.05) is 32.1 Å². The summed E-state index contributed by atoms with van der Waals surface area (Å²) in [6, 6.07) is 0. The van der Waals surface area contributed by atoms with Crippen molar-refractivity contribution >= 4 is 29.9 Å². The predicted octanol–water partition coefficient (Wildman–Crippen LogP) is 3.95. The second kappa shape index (κ2) is 15.8. The van der Waals surface area contributed by atoms with Gasteiger partial charge in [0.2, 0.25) is 0 Å². The lowest BCUT2D eigenvalue weighted by atomic mass is 9.86. The first-order valence-electron chi connectivity index (χ1n) is 8.80. The van der Waals surface area contributed by atoms with Gasteiger partial charge in [0, 0.05) is 33.9 Å². The first-order valence-corrected chi connectivity index (χ1v) is 8.80. The molecule has 0 amide bonds. The number of halogens is 1. The molecule has 0 atom stereocenters. The maximum atomic E-state index is 5.05. The van der Waals surface area contributed by atoms with Crippen LogP contribution in [-0.4, -0.2) is 39.8 Å². The number of ether oxygens (including phenoxy) is 1. The molecule has 2 N–H and O–H groups in total. The number of rotatable bonds is 10. The van der Waals surface area contributed by atoms with Crippen molar-refractivity contribution in [3.05, 3.63) is 0 Å². The Balaban J connectivity index is 0.00000441. The zero-order valence-electron chi connectivity index (χ0n) is 14.5. The van der Waals surface area contributed by atoms with Gasteiger partial charge in [-0.2, -0.15) is 0 Å². The fourth-order valence-corrected chi connectivity index (χ4v) is 3.05. The molecule has 4 nitrogen and oxygen atoms in total. The summed E-state index contributed by atoms with van der Waals surface area (Å²) in [6.45, 7) is 2.90. The second-order valence-corrected chi connectivity index (χ2v) is 6.13. The molecular formula is C17H36IN3O. The second-order valence-electron chi connectivity index (χ2n) is 6.13. The maximum absolute atomic E-state index is 5.05. The van der Waals surface area contributed by atoms with Gasteiger partial charge in [-0.05, 0) is 38.0 Å². The third-order valence-corrected chi connectivity index (χ3v) is 4.35. The van der Waals surface area contributed by atoms with E-state index in [4.69, 9.17) is 4.74 Å². The third kappa shape index (κ3) is 11.5. The van der Waals surface area contributed by atoms with E-state index < -0.39 is 0 Å². The van der Waals surface area contributed by atoms with Crippen LogP contribution in [0.4, 0.5) is 0 Å². The lowest BCUT2D eigenvalue weighted by Gasteiger charge is -2.21. The number of nitrogens with one attached hydrogen (secondary N) is 2. The third-order valence-electron chi connectivity index (χ3n) is 4.35. The summed E-state index contributed by atoms with van der Waals surface area (Å²) in [5, 5.41) is 6.81. The molecule has 5 heteroatoms. The first kappa shape index (κ1) is 22.0. The van der Waals surface area contributed by atoms with Crippen molar-refractivity contribution in [1.29, 1.82) is 0 Å². The van der Waals surface area contributed by atoms with Crippen LogP contribution in [0.25, 0.3) is 0 Å². The van der Waals surface area contributed by atoms with E-state index >= 15 is 0 Å². The molecule has 1 fully saturated rings. The molecule has 0 aromatic heterocycles. The van der Waals surface area contributed by atoms with E-state index in [-0.39, 0.29) is 24.0 Å². The van der Waals surface area contributed by atoms with E-state index in [0.29, 0.717) is 0 Å². The van der Waals surface area contributed by atoms with Crippen molar-refractivity contribution in [3.63, 3.8) is 0 Å². The van der Waals surface area contributed by atoms with Crippen LogP contribution in [0.15, 0.2) is 4.99 Å². The summed E-state index contributed by atoms with van der Waals surface area (Å²) in [5.74, 6) is 1.93. The highest BCUT2D eigenvalue weighted by molar-refractivity contribution is 14.0. The minimum Gasteiger partial charge on any atom is -0.385 e. The summed E-state index contributed by atoms with van der Waals surface area (Å²) in [7, 11) is 3.61. The monoisotopic (exact) mass is 425 g/mol. The first-order chi connectivity index (χ1) is 10.4. The lowest BCUT2D eigenvalue weighted by molar-refractivity contribution is 0.192. The van der Waals surface area contributed by atoms with Crippen LogP contribution in [0.5, 0.6) is 0 Å². The lowest BCUT2D eigenvalue weighted by Crippen LogP contribution is -2.38. The highest BCUT2D eigenvalue weighted by atomic mass is 127. The summed E-state index contributed by atoms with van der Waals surface area (Å²) in [4.78, 5) is 4.28. The quantitative estimate of drug-likeness (QED) is 0.241. The molecule has 0 aromatic carbocycles. The van der Waals surface area contributed by atoms with Crippen LogP contribution in [0.2, 0.25) is 0 Å². The molecule has 132 valence electrons. The van der Waals surface area contributed by atoms with Crippen LogP contribution >= 0.6 is 24.0 Å². The molecule has 1 saturated carbocycles. The molecule has 0 aromatic rings. The van der Waals surface area contributed by atoms with Crippen molar-refractivity contribution in [2.75, 3.05) is 33.9 Å². The van der Waals surface area contributed by atoms with Gasteiger partial charge in [0.05, 0.1) is 0 Å². The van der Waals surface area contributed by atoms with E-state index in [9.17, 15) is 0 Å². The molecule has 0 unspecified atom stereocenters. The number of hydrogen-bond acceptors (Lipinski definition) is 2. The van der Waals surface area contributed by atoms with Crippen LogP contribution in [-0.2, 0) is 4.74 Å². The fourth-order valence-electron chi connectivity index (χ4n) is 3.05. The number of aliphatic imine (C=N–C) groups is 1. The Morgan fingerprint density at radius 1 is 1.00 bits per heavy atom. The number of hydrogen-bond donors (Lipinski definition) is 2. The van der Waals surface area contributed by atoms with E-state index in [1.165, 1.54) is 57.8 Å². The zero-order chi connectivity index (χ0) is 15.2. The molecule has 0 saturated heterocycles. The van der Waals surface area contributed by atoms with Gasteiger partial charge in [0.25, 0.3) is 0 Å². The highest BCUT2D eigenvalue weighted by Gasteiger charge is 2.12. The number of methoxy groups -OCH3 is 1. The van der Waals surface area contributed by atoms with Gasteiger partial charge < -0.3 is 15.4 Å². The summed E-state index contributed by atoms with van der Waals surface area (Å²) in [5.41, 5.74) is 0. The average Bonchev–Trinajstić information content (AvgIpc) is 2.53. The van der Waals surface area contributed by atoms with E-state index in [0.717, 1.165) is 38.0 Å². The SMILES string of the molecule is CN=C(NCCCCCOC)NCCCC1CCCCC1.I. The number of guanidine groups is 1. The fraction of sp³-hybridized carbons (Fsp3) is 0.941. The Morgan fingerprint density at radius 2 is 1.68 bits per heavy atom. The molecule has 1 aliphatic carbocycles. The van der Waals surface area contributed by atoms with Crippen molar-refractivity contribution in [1.82, 2.24) is 10.6 Å². The van der Waals surface area contributed by atoms with Gasteiger partial charge in [0.15, 0.2) is 5.96 Å². The zero-order valence-corrected chi connectivity index (χ0v) is 16.9. The van der Waals surface area contributed by atoms with E-state index in [1.807, 2.05) is 7.05 Å². The molecular weight excluding hydrogens is 389 g/mol. The Morgan fingerprint density at radius 3 is 2.32 bits per heavy atom. The van der Waals surface area contributed by atoms with Gasteiger partial charge in [0.1, 0.15) is 0 Å². The van der Waals surface area contributed by atoms with Gasteiger partial charge >= 0.3 is 0 Å². The van der Waals surface area contributed by atoms with Crippen LogP contribution < -0.4 is 10.6 Å². The van der Waals surface area contributed by atoms with Crippen molar-refractivity contribution in [2.24, 2.45) is 10.9 Å². The number of nitrogens with zero attached hydrogens (tertiary/aromatic N) is 1. The minimum atomic E-state index is 0. The van der Waals surface area contributed by atoms with Crippen molar-refractivity contribution in [2.45, 2.75) is 64.2 Å². The van der Waals surface area contributed by atoms with Crippen LogP contribution in [0, 0.1) is 5.92 Å². The van der Waals surface area contributed by atoms with E-state index in [1.54, 1.807) is 7.11 Å². The van der Waals surface area contributed by atoms with Gasteiger partial charge in [-0.3, -0.25) is 4.99 Å². The van der Waals surface area contributed by atoms with E-state index in [2.05, 4.69) is 15.6 Å². The molecule has 0 aliphatic heterocycles. The summed E-state index contributed by atoms with van der Waals surface area (Å²) >= 11 is 0. The Labute approximate surface area is 154 Å². The molecule has 22 heavy (non-hydrogen) atoms. The predicted molar refractivity (Wildman–Crippen MR) is 106 cm³/mol. The van der Waals surface area contributed by atoms with Crippen molar-refractivity contribution < 1.29 is 4.74 Å². The molecule has 1 rings (SSSR count). The Kier molecular flexibility index (Phi) is 15.8. The summed E-state index contributed by atoms with van der Waals surface area (Å²) < 4.78 is 5.05. The van der Waals surface area contributed by atoms with Crippen LogP contribution in [0.3, 0.4) is 0 Å². The highest BCUT2D eigenvalue weighted by Crippen LogP contribution is 2.26. The Bertz CT molecular complexity index is 269. The van der Waals surface area contributed by atoms with Gasteiger partial charge in [-0.25, -0.2) is 0 Å². The smallest absolute Gasteiger partial charge is 0.190 e. The average molecular weight is 425 g/mol. The van der Waals surface area contributed by atoms with Crippen LogP contribution in [0.1, 0.15) is 64.2 Å². The molecule has 0 bridgehead atoms.